The van der Waals surface area contributed by atoms with Crippen LogP contribution in [0, 0.1) is 0 Å². The molecule has 0 fully saturated rings. The predicted molar refractivity (Wildman–Crippen MR) is 215 cm³/mol. The van der Waals surface area contributed by atoms with Crippen LogP contribution in [0.15, 0.2) is 157 Å². The number of nitrogens with one attached hydrogen (secondary N) is 1. The normalized spacial score (nSPS) is 16.0. The monoisotopic (exact) mass is 855 g/mol. The van der Waals surface area contributed by atoms with Crippen molar-refractivity contribution in [3.05, 3.63) is 148 Å². The molecule has 1 atom stereocenters. The third-order valence-electron chi connectivity index (χ3n) is 8.61. The zero-order chi connectivity index (χ0) is 41.8. The summed E-state index contributed by atoms with van der Waals surface area (Å²) in [5.41, 5.74) is 9.37. The number of amides is 1. The predicted octanol–water partition coefficient (Wildman–Crippen LogP) is -2.01. The maximum Gasteiger partial charge on any atom is 1.00 e. The number of hydrogen-bond donors (Lipinski definition) is 4. The first-order chi connectivity index (χ1) is 28.2. The number of anilines is 3. The number of nitrogens with two attached hydrogens (primary N) is 1. The van der Waals surface area contributed by atoms with Crippen LogP contribution in [0.1, 0.15) is 27.0 Å². The van der Waals surface area contributed by atoms with Crippen molar-refractivity contribution in [1.82, 2.24) is 0 Å². The zero-order valence-electron chi connectivity index (χ0n) is 32.1. The smallest absolute Gasteiger partial charge is 0.858 e. The second-order valence-corrected chi connectivity index (χ2v) is 14.0. The van der Waals surface area contributed by atoms with Crippen LogP contribution in [0.2, 0.25) is 0 Å². The number of fused-ring (bicyclic) bond motifs is 1. The van der Waals surface area contributed by atoms with Gasteiger partial charge in [-0.3, -0.25) is 29.6 Å². The number of hydrogen-bond acceptors (Lipinski definition) is 15. The van der Waals surface area contributed by atoms with Crippen molar-refractivity contribution in [3.63, 3.8) is 0 Å². The number of allylic oxidation sites excluding steroid dienone is 1. The van der Waals surface area contributed by atoms with Gasteiger partial charge in [-0.2, -0.15) is 33.9 Å². The number of nitrogens with zero attached hydrogens (tertiary/aromatic N) is 7. The van der Waals surface area contributed by atoms with Crippen LogP contribution >= 0.6 is 0 Å². The van der Waals surface area contributed by atoms with Gasteiger partial charge in [-0.25, -0.2) is 4.79 Å². The number of carboxylic acid groups (broad SMARTS) is 1. The van der Waals surface area contributed by atoms with Crippen molar-refractivity contribution in [2.75, 3.05) is 16.2 Å². The van der Waals surface area contributed by atoms with Crippen molar-refractivity contribution < 1.29 is 102 Å². The summed E-state index contributed by atoms with van der Waals surface area (Å²) in [6.45, 7) is 0. The third-order valence-corrected chi connectivity index (χ3v) is 9.48. The summed E-state index contributed by atoms with van der Waals surface area (Å²) in [5, 5.41) is 51.9. The number of aliphatic imine (C=N–C) groups is 2. The van der Waals surface area contributed by atoms with E-state index in [4.69, 9.17) is 5.73 Å². The molecule has 1 aliphatic heterocycles. The molecule has 61 heavy (non-hydrogen) atoms. The fraction of sp³-hybridized carbons (Fsp3) is 0.0250. The van der Waals surface area contributed by atoms with Crippen LogP contribution < -0.4 is 85.5 Å². The number of carbonyl (C=O) groups excluding carboxylic acids is 2. The summed E-state index contributed by atoms with van der Waals surface area (Å²) < 4.78 is 34.7. The van der Waals surface area contributed by atoms with Gasteiger partial charge < -0.3 is 21.1 Å². The van der Waals surface area contributed by atoms with E-state index in [-0.39, 0.29) is 104 Å². The number of rotatable bonds is 11. The van der Waals surface area contributed by atoms with Gasteiger partial charge in [0.2, 0.25) is 11.8 Å². The molecule has 0 aromatic heterocycles. The van der Waals surface area contributed by atoms with Gasteiger partial charge in [-0.15, -0.1) is 0 Å². The fourth-order valence-corrected chi connectivity index (χ4v) is 6.33. The number of ketones is 1. The SMILES string of the molecule is Nc1ccc(C([O-])=Nc2ccc3c(c2)C=C(S(=O)(=O)O)/C(=N\Nc2ccc(C([O-])=Nc4ccc(N=NC5C(=O)N(c6ccccc6)N=C5C(=O)O)cc4)cc2)C3=O)cc1.[Na+].[Na+]. The number of Topliss-reactive ketones (excluding diaryl/α,β-unsaturated/α-hetero) is 1. The Morgan fingerprint density at radius 1 is 0.787 bits per heavy atom. The van der Waals surface area contributed by atoms with Gasteiger partial charge in [0.25, 0.3) is 16.0 Å². The summed E-state index contributed by atoms with van der Waals surface area (Å²) in [6.07, 6.45) is 1.04. The quantitative estimate of drug-likeness (QED) is 0.0214. The third kappa shape index (κ3) is 10.6. The second-order valence-electron chi connectivity index (χ2n) is 12.6. The van der Waals surface area contributed by atoms with Crippen molar-refractivity contribution in [3.8, 4) is 0 Å². The molecule has 18 nitrogen and oxygen atoms in total. The minimum absolute atomic E-state index is 0. The average molecular weight is 856 g/mol. The largest absolute Gasteiger partial charge is 1.00 e. The molecule has 0 radical (unpaired) electrons. The molecule has 0 bridgehead atoms. The Kier molecular flexibility index (Phi) is 14.7. The van der Waals surface area contributed by atoms with Gasteiger partial charge in [-0.1, -0.05) is 42.5 Å². The molecule has 1 unspecified atom stereocenters. The molecule has 5 N–H and O–H groups in total. The number of azo groups is 1. The Hall–Kier alpha value is -6.16. The number of aliphatic carboxylic acids is 1. The number of benzene rings is 5. The van der Waals surface area contributed by atoms with Crippen molar-refractivity contribution in [2.45, 2.75) is 6.04 Å². The molecule has 1 amide bonds. The minimum atomic E-state index is -4.96. The Labute approximate surface area is 391 Å². The number of carboxylic acids is 1. The second kappa shape index (κ2) is 19.5. The molecule has 0 saturated carbocycles. The minimum Gasteiger partial charge on any atom is -0.858 e. The van der Waals surface area contributed by atoms with Gasteiger partial charge in [0, 0.05) is 11.3 Å². The van der Waals surface area contributed by atoms with E-state index >= 15 is 0 Å². The molecule has 0 saturated heterocycles. The summed E-state index contributed by atoms with van der Waals surface area (Å²) in [5.74, 6) is -4.18. The van der Waals surface area contributed by atoms with Crippen molar-refractivity contribution in [1.29, 1.82) is 0 Å². The maximum atomic E-state index is 13.4. The summed E-state index contributed by atoms with van der Waals surface area (Å²) in [6, 6.07) is 28.5. The van der Waals surface area contributed by atoms with Gasteiger partial charge in [0.1, 0.15) is 4.91 Å². The van der Waals surface area contributed by atoms with E-state index in [1.54, 1.807) is 30.3 Å². The topological polar surface area (TPSA) is 287 Å². The van der Waals surface area contributed by atoms with Gasteiger partial charge >= 0.3 is 65.1 Å². The molecule has 0 spiro atoms. The standard InChI is InChI=1S/C40H29N9O9S.2Na/c41-25-10-6-22(7-11-25)38(52)43-29-18-19-31-24(20-29)21-32(59(56,57)58)33(36(31)50)46-44-27-12-8-23(9-13-27)37(51)42-26-14-16-28(17-15-26)45-47-34-35(40(54)55)48-49(39(34)53)30-4-2-1-3-5-30;;/h1-21,34,44H,41H2,(H,42,51)(H,43,52)(H,54,55)(H,56,57,58);;/q;2*+1/p-2/b46-33+,47-45?;;. The Balaban J connectivity index is 0.00000352. The summed E-state index contributed by atoms with van der Waals surface area (Å²) >= 11 is 0. The van der Waals surface area contributed by atoms with Crippen LogP contribution in [0.5, 0.6) is 0 Å². The van der Waals surface area contributed by atoms with Crippen LogP contribution in [-0.4, -0.2) is 65.0 Å². The Morgan fingerprint density at radius 2 is 1.36 bits per heavy atom. The van der Waals surface area contributed by atoms with Gasteiger partial charge in [0.05, 0.1) is 28.4 Å². The number of hydrazone groups is 2. The van der Waals surface area contributed by atoms with E-state index in [0.717, 1.165) is 11.1 Å². The molecule has 2 aliphatic rings. The Bertz CT molecular complexity index is 2820. The van der Waals surface area contributed by atoms with E-state index in [1.807, 2.05) is 0 Å². The maximum absolute atomic E-state index is 13.4. The van der Waals surface area contributed by atoms with Crippen molar-refractivity contribution in [2.24, 2.45) is 30.4 Å². The first-order valence-corrected chi connectivity index (χ1v) is 18.6. The number of carbonyl (C=O) groups is 3. The average Bonchev–Trinajstić information content (AvgIpc) is 3.56. The molecule has 5 aromatic carbocycles. The molecule has 5 aromatic rings. The van der Waals surface area contributed by atoms with Crippen LogP contribution in [-0.2, 0) is 19.7 Å². The summed E-state index contributed by atoms with van der Waals surface area (Å²) in [7, 11) is -4.96. The number of para-hydroxylation sites is 1. The van der Waals surface area contributed by atoms with E-state index in [1.165, 1.54) is 91.0 Å². The van der Waals surface area contributed by atoms with Gasteiger partial charge in [-0.05, 0) is 113 Å². The Morgan fingerprint density at radius 3 is 1.97 bits per heavy atom. The molecular formula is C40H27N9Na2O9S. The first kappa shape index (κ1) is 45.9. The zero-order valence-corrected chi connectivity index (χ0v) is 36.9. The van der Waals surface area contributed by atoms with Crippen LogP contribution in [0.25, 0.3) is 6.08 Å². The van der Waals surface area contributed by atoms with E-state index in [2.05, 4.69) is 35.8 Å². The number of nitrogen functional groups attached to an aromatic ring is 1. The molecule has 7 rings (SSSR count). The molecular weight excluding hydrogens is 829 g/mol. The molecule has 1 heterocycles. The molecule has 294 valence electrons. The van der Waals surface area contributed by atoms with Crippen LogP contribution in [0.4, 0.5) is 34.1 Å². The van der Waals surface area contributed by atoms with E-state index in [9.17, 15) is 42.7 Å². The van der Waals surface area contributed by atoms with Crippen molar-refractivity contribution >= 4 is 91.2 Å². The van der Waals surface area contributed by atoms with E-state index in [0.29, 0.717) is 11.4 Å². The summed E-state index contributed by atoms with van der Waals surface area (Å²) in [4.78, 5) is 45.4. The van der Waals surface area contributed by atoms with Crippen LogP contribution in [0.3, 0.4) is 0 Å². The fourth-order valence-electron chi connectivity index (χ4n) is 5.68. The van der Waals surface area contributed by atoms with E-state index < -0.39 is 61.9 Å². The molecule has 21 heteroatoms. The first-order valence-electron chi connectivity index (χ1n) is 17.2. The molecule has 1 aliphatic carbocycles. The van der Waals surface area contributed by atoms with Gasteiger partial charge in [0.15, 0.2) is 11.4 Å².